The minimum Gasteiger partial charge on any atom is -0.491 e. The molecule has 1 atom stereocenters. The molecule has 0 saturated heterocycles. The summed E-state index contributed by atoms with van der Waals surface area (Å²) in [6.07, 6.45) is 3.13. The van der Waals surface area contributed by atoms with Crippen molar-refractivity contribution in [2.24, 2.45) is 5.92 Å². The number of hydrogen-bond acceptors (Lipinski definition) is 5. The molecule has 1 saturated carbocycles. The number of nitrogens with one attached hydrogen (secondary N) is 1. The number of ether oxygens (including phenoxy) is 2. The van der Waals surface area contributed by atoms with Crippen LogP contribution in [0.5, 0.6) is 5.75 Å². The van der Waals surface area contributed by atoms with E-state index in [1.54, 1.807) is 0 Å². The minimum absolute atomic E-state index is 0.309. The molecule has 0 unspecified atom stereocenters. The van der Waals surface area contributed by atoms with Crippen molar-refractivity contribution in [3.63, 3.8) is 0 Å². The molecular formula is C18H32NO7P. The molecule has 0 amide bonds. The Bertz CT molecular complexity index is 549. The van der Waals surface area contributed by atoms with E-state index >= 15 is 0 Å². The van der Waals surface area contributed by atoms with Crippen molar-refractivity contribution >= 4 is 7.82 Å². The van der Waals surface area contributed by atoms with Crippen LogP contribution in [0.1, 0.15) is 32.3 Å². The van der Waals surface area contributed by atoms with Crippen LogP contribution in [-0.4, -0.2) is 58.3 Å². The number of aliphatic hydroxyl groups is 1. The number of rotatable bonds is 11. The average molecular weight is 405 g/mol. The molecular weight excluding hydrogens is 373 g/mol. The van der Waals surface area contributed by atoms with Gasteiger partial charge >= 0.3 is 7.82 Å². The third kappa shape index (κ3) is 15.7. The Hall–Kier alpha value is -0.990. The molecule has 1 aromatic carbocycles. The predicted molar refractivity (Wildman–Crippen MR) is 103 cm³/mol. The molecule has 156 valence electrons. The average Bonchev–Trinajstić information content (AvgIpc) is 3.39. The summed E-state index contributed by atoms with van der Waals surface area (Å²) < 4.78 is 20.1. The molecule has 0 aliphatic heterocycles. The van der Waals surface area contributed by atoms with E-state index in [0.29, 0.717) is 19.2 Å². The zero-order chi connectivity index (χ0) is 20.3. The smallest absolute Gasteiger partial charge is 0.466 e. The molecule has 1 aliphatic carbocycles. The van der Waals surface area contributed by atoms with Gasteiger partial charge in [0, 0.05) is 19.2 Å². The first kappa shape index (κ1) is 24.0. The summed E-state index contributed by atoms with van der Waals surface area (Å²) in [5.74, 6) is 1.62. The Morgan fingerprint density at radius 2 is 1.78 bits per heavy atom. The normalized spacial score (nSPS) is 15.2. The Morgan fingerprint density at radius 3 is 2.30 bits per heavy atom. The molecule has 8 nitrogen and oxygen atoms in total. The van der Waals surface area contributed by atoms with Crippen LogP contribution in [-0.2, 0) is 15.7 Å². The van der Waals surface area contributed by atoms with Gasteiger partial charge in [-0.05, 0) is 42.9 Å². The van der Waals surface area contributed by atoms with Gasteiger partial charge in [0.05, 0.1) is 6.61 Å². The maximum absolute atomic E-state index is 9.80. The van der Waals surface area contributed by atoms with E-state index in [2.05, 4.69) is 31.3 Å². The summed E-state index contributed by atoms with van der Waals surface area (Å²) in [5.41, 5.74) is 1.25. The Kier molecular flexibility index (Phi) is 11.1. The summed E-state index contributed by atoms with van der Waals surface area (Å²) in [5, 5.41) is 13.0. The number of phosphoric acid groups is 1. The van der Waals surface area contributed by atoms with Gasteiger partial charge in [0.25, 0.3) is 0 Å². The van der Waals surface area contributed by atoms with Crippen LogP contribution in [0.2, 0.25) is 0 Å². The van der Waals surface area contributed by atoms with Crippen molar-refractivity contribution in [3.8, 4) is 5.75 Å². The molecule has 9 heteroatoms. The third-order valence-corrected chi connectivity index (χ3v) is 3.71. The summed E-state index contributed by atoms with van der Waals surface area (Å²) in [4.78, 5) is 21.6. The highest BCUT2D eigenvalue weighted by Gasteiger charge is 2.20. The van der Waals surface area contributed by atoms with Crippen LogP contribution < -0.4 is 10.1 Å². The van der Waals surface area contributed by atoms with E-state index in [1.165, 1.54) is 18.4 Å². The molecule has 1 aliphatic rings. The maximum Gasteiger partial charge on any atom is 0.466 e. The van der Waals surface area contributed by atoms with Crippen LogP contribution in [0.3, 0.4) is 0 Å². The molecule has 0 bridgehead atoms. The Morgan fingerprint density at radius 1 is 1.19 bits per heavy atom. The highest BCUT2D eigenvalue weighted by molar-refractivity contribution is 7.45. The molecule has 1 fully saturated rings. The fourth-order valence-corrected chi connectivity index (χ4v) is 2.10. The second kappa shape index (κ2) is 12.5. The Labute approximate surface area is 160 Å². The number of hydrogen-bond donors (Lipinski definition) is 5. The molecule has 2 rings (SSSR count). The van der Waals surface area contributed by atoms with Gasteiger partial charge in [-0.2, -0.15) is 0 Å². The van der Waals surface area contributed by atoms with Crippen LogP contribution in [0.25, 0.3) is 0 Å². The van der Waals surface area contributed by atoms with Crippen molar-refractivity contribution in [3.05, 3.63) is 29.8 Å². The predicted octanol–water partition coefficient (Wildman–Crippen LogP) is 1.46. The summed E-state index contributed by atoms with van der Waals surface area (Å²) >= 11 is 0. The lowest BCUT2D eigenvalue weighted by Gasteiger charge is -2.15. The first-order valence-electron chi connectivity index (χ1n) is 9.12. The standard InChI is InChI=1S/C18H29NO3.H3O4P/c1-14(2)19-11-17(20)13-22-18-7-5-15(6-8-18)9-10-21-12-16-3-4-16;1-5(2,3)4/h5-8,14,16-17,19-20H,3-4,9-13H2,1-2H3;(H3,1,2,3,4)/t17-;/m0./s1. The van der Waals surface area contributed by atoms with Crippen molar-refractivity contribution in [2.45, 2.75) is 45.3 Å². The van der Waals surface area contributed by atoms with Gasteiger partial charge in [0.15, 0.2) is 0 Å². The van der Waals surface area contributed by atoms with Crippen molar-refractivity contribution in [1.82, 2.24) is 5.32 Å². The fourth-order valence-electron chi connectivity index (χ4n) is 2.10. The second-order valence-electron chi connectivity index (χ2n) is 6.95. The lowest BCUT2D eigenvalue weighted by atomic mass is 10.1. The van der Waals surface area contributed by atoms with Crippen molar-refractivity contribution in [1.29, 1.82) is 0 Å². The lowest BCUT2D eigenvalue weighted by molar-refractivity contribution is 0.104. The van der Waals surface area contributed by atoms with Gasteiger partial charge in [0.1, 0.15) is 18.5 Å². The monoisotopic (exact) mass is 405 g/mol. The minimum atomic E-state index is -4.64. The topological polar surface area (TPSA) is 128 Å². The van der Waals surface area contributed by atoms with Gasteiger partial charge in [-0.15, -0.1) is 0 Å². The molecule has 0 radical (unpaired) electrons. The second-order valence-corrected chi connectivity index (χ2v) is 7.98. The van der Waals surface area contributed by atoms with Crippen LogP contribution in [0.4, 0.5) is 0 Å². The van der Waals surface area contributed by atoms with Crippen molar-refractivity contribution in [2.75, 3.05) is 26.4 Å². The molecule has 0 spiro atoms. The quantitative estimate of drug-likeness (QED) is 0.277. The zero-order valence-electron chi connectivity index (χ0n) is 16.0. The van der Waals surface area contributed by atoms with Gasteiger partial charge in [-0.1, -0.05) is 26.0 Å². The van der Waals surface area contributed by atoms with Crippen molar-refractivity contribution < 1.29 is 33.8 Å². The number of aliphatic hydroxyl groups excluding tert-OH is 1. The van der Waals surface area contributed by atoms with Gasteiger partial charge in [-0.3, -0.25) is 0 Å². The molecule has 1 aromatic rings. The molecule has 27 heavy (non-hydrogen) atoms. The van der Waals surface area contributed by atoms with E-state index < -0.39 is 13.9 Å². The lowest BCUT2D eigenvalue weighted by Crippen LogP contribution is -2.35. The highest BCUT2D eigenvalue weighted by Crippen LogP contribution is 2.28. The van der Waals surface area contributed by atoms with Crippen LogP contribution in [0, 0.1) is 5.92 Å². The Balaban J connectivity index is 0.000000646. The van der Waals surface area contributed by atoms with Gasteiger partial charge in [-0.25, -0.2) is 4.57 Å². The summed E-state index contributed by atoms with van der Waals surface area (Å²) in [6, 6.07) is 8.41. The maximum atomic E-state index is 9.80. The summed E-state index contributed by atoms with van der Waals surface area (Å²) in [7, 11) is -4.64. The first-order valence-corrected chi connectivity index (χ1v) is 10.7. The van der Waals surface area contributed by atoms with Gasteiger partial charge < -0.3 is 34.6 Å². The van der Waals surface area contributed by atoms with E-state index in [9.17, 15) is 5.11 Å². The van der Waals surface area contributed by atoms with E-state index in [-0.39, 0.29) is 0 Å². The van der Waals surface area contributed by atoms with Crippen LogP contribution >= 0.6 is 7.82 Å². The molecule has 0 heterocycles. The molecule has 0 aromatic heterocycles. The van der Waals surface area contributed by atoms with E-state index in [4.69, 9.17) is 28.7 Å². The SMILES string of the molecule is CC(C)NC[C@H](O)COc1ccc(CCOCC2CC2)cc1.O=P(O)(O)O. The zero-order valence-corrected chi connectivity index (χ0v) is 16.8. The summed E-state index contributed by atoms with van der Waals surface area (Å²) in [6.45, 7) is 6.68. The van der Waals surface area contributed by atoms with E-state index in [0.717, 1.165) is 31.3 Å². The fraction of sp³-hybridized carbons (Fsp3) is 0.667. The number of benzene rings is 1. The van der Waals surface area contributed by atoms with Gasteiger partial charge in [0.2, 0.25) is 0 Å². The first-order chi connectivity index (χ1) is 12.6. The largest absolute Gasteiger partial charge is 0.491 e. The third-order valence-electron chi connectivity index (χ3n) is 3.71. The van der Waals surface area contributed by atoms with E-state index in [1.807, 2.05) is 12.1 Å². The highest BCUT2D eigenvalue weighted by atomic mass is 31.2. The van der Waals surface area contributed by atoms with Crippen LogP contribution in [0.15, 0.2) is 24.3 Å². The molecule has 5 N–H and O–H groups in total.